The highest BCUT2D eigenvalue weighted by Gasteiger charge is 2.27. The van der Waals surface area contributed by atoms with E-state index in [4.69, 9.17) is 11.6 Å². The predicted octanol–water partition coefficient (Wildman–Crippen LogP) is 1.64. The second-order valence-corrected chi connectivity index (χ2v) is 6.43. The molecule has 3 nitrogen and oxygen atoms in total. The Hall–Kier alpha value is -0.580. The molecule has 0 aliphatic carbocycles. The SMILES string of the molecule is Cc1ccc(C(O)C(Cl)S(C)(=O)=O)cc1. The van der Waals surface area contributed by atoms with Crippen LogP contribution in [0.1, 0.15) is 17.2 Å². The highest BCUT2D eigenvalue weighted by Crippen LogP contribution is 2.24. The first kappa shape index (κ1) is 12.5. The minimum Gasteiger partial charge on any atom is -0.386 e. The molecule has 0 aliphatic heterocycles. The van der Waals surface area contributed by atoms with Crippen LogP contribution in [0.4, 0.5) is 0 Å². The highest BCUT2D eigenvalue weighted by molar-refractivity contribution is 7.92. The number of halogens is 1. The second kappa shape index (κ2) is 4.51. The van der Waals surface area contributed by atoms with Crippen molar-refractivity contribution in [2.24, 2.45) is 0 Å². The lowest BCUT2D eigenvalue weighted by Gasteiger charge is -2.15. The maximum Gasteiger partial charge on any atom is 0.167 e. The predicted molar refractivity (Wildman–Crippen MR) is 60.6 cm³/mol. The van der Waals surface area contributed by atoms with Gasteiger partial charge in [-0.3, -0.25) is 0 Å². The van der Waals surface area contributed by atoms with E-state index in [1.165, 1.54) is 0 Å². The van der Waals surface area contributed by atoms with E-state index in [9.17, 15) is 13.5 Å². The molecule has 0 fully saturated rings. The van der Waals surface area contributed by atoms with Crippen molar-refractivity contribution in [1.82, 2.24) is 0 Å². The maximum atomic E-state index is 11.1. The average molecular weight is 249 g/mol. The van der Waals surface area contributed by atoms with E-state index in [0.717, 1.165) is 11.8 Å². The largest absolute Gasteiger partial charge is 0.386 e. The molecule has 0 saturated carbocycles. The third-order valence-corrected chi connectivity index (χ3v) is 4.36. The van der Waals surface area contributed by atoms with Crippen LogP contribution in [0.15, 0.2) is 24.3 Å². The van der Waals surface area contributed by atoms with Crippen molar-refractivity contribution in [1.29, 1.82) is 0 Å². The fourth-order valence-corrected chi connectivity index (χ4v) is 1.92. The van der Waals surface area contributed by atoms with Gasteiger partial charge >= 0.3 is 0 Å². The van der Waals surface area contributed by atoms with Crippen molar-refractivity contribution in [3.63, 3.8) is 0 Å². The van der Waals surface area contributed by atoms with Crippen LogP contribution < -0.4 is 0 Å². The molecule has 2 unspecified atom stereocenters. The molecule has 0 aromatic heterocycles. The van der Waals surface area contributed by atoms with Crippen molar-refractivity contribution in [3.8, 4) is 0 Å². The molecule has 1 aromatic rings. The molecule has 2 atom stereocenters. The van der Waals surface area contributed by atoms with Crippen molar-refractivity contribution < 1.29 is 13.5 Å². The van der Waals surface area contributed by atoms with E-state index in [0.29, 0.717) is 5.56 Å². The Balaban J connectivity index is 2.95. The van der Waals surface area contributed by atoms with Crippen LogP contribution in [0.25, 0.3) is 0 Å². The van der Waals surface area contributed by atoms with Gasteiger partial charge in [-0.25, -0.2) is 8.42 Å². The van der Waals surface area contributed by atoms with Gasteiger partial charge in [0.1, 0.15) is 6.10 Å². The van der Waals surface area contributed by atoms with E-state index < -0.39 is 20.7 Å². The average Bonchev–Trinajstić information content (AvgIpc) is 2.15. The number of aryl methyl sites for hydroxylation is 1. The molecule has 0 aliphatic rings. The Morgan fingerprint density at radius 1 is 1.27 bits per heavy atom. The zero-order valence-corrected chi connectivity index (χ0v) is 10.1. The lowest BCUT2D eigenvalue weighted by atomic mass is 10.1. The van der Waals surface area contributed by atoms with Gasteiger partial charge in [0.25, 0.3) is 0 Å². The van der Waals surface area contributed by atoms with Gasteiger partial charge in [-0.2, -0.15) is 0 Å². The van der Waals surface area contributed by atoms with Gasteiger partial charge < -0.3 is 5.11 Å². The summed E-state index contributed by atoms with van der Waals surface area (Å²) in [6.07, 6.45) is -0.190. The molecule has 15 heavy (non-hydrogen) atoms. The molecule has 1 N–H and O–H groups in total. The monoisotopic (exact) mass is 248 g/mol. The summed E-state index contributed by atoms with van der Waals surface area (Å²) < 4.78 is 20.9. The first-order valence-corrected chi connectivity index (χ1v) is 6.79. The lowest BCUT2D eigenvalue weighted by Crippen LogP contribution is -2.21. The molecule has 1 aromatic carbocycles. The summed E-state index contributed by atoms with van der Waals surface area (Å²) >= 11 is 5.64. The van der Waals surface area contributed by atoms with Crippen LogP contribution >= 0.6 is 11.6 Å². The molecule has 0 radical (unpaired) electrons. The Morgan fingerprint density at radius 2 is 1.73 bits per heavy atom. The summed E-state index contributed by atoms with van der Waals surface area (Å²) in [4.78, 5) is 0. The van der Waals surface area contributed by atoms with Crippen molar-refractivity contribution >= 4 is 21.4 Å². The van der Waals surface area contributed by atoms with Crippen molar-refractivity contribution in [2.45, 2.75) is 17.7 Å². The minimum atomic E-state index is -3.44. The molecule has 0 amide bonds. The number of alkyl halides is 1. The number of hydrogen-bond donors (Lipinski definition) is 1. The van der Waals surface area contributed by atoms with Gasteiger partial charge in [0.05, 0.1) is 0 Å². The van der Waals surface area contributed by atoms with Gasteiger partial charge in [0.2, 0.25) is 0 Å². The molecular weight excluding hydrogens is 236 g/mol. The summed E-state index contributed by atoms with van der Waals surface area (Å²) in [5.74, 6) is 0. The van der Waals surface area contributed by atoms with Crippen LogP contribution in [0.3, 0.4) is 0 Å². The smallest absolute Gasteiger partial charge is 0.167 e. The maximum absolute atomic E-state index is 11.1. The molecule has 5 heteroatoms. The summed E-state index contributed by atoms with van der Waals surface area (Å²) in [6, 6.07) is 6.93. The summed E-state index contributed by atoms with van der Waals surface area (Å²) in [6.45, 7) is 1.91. The Labute approximate surface area is 94.6 Å². The molecule has 0 bridgehead atoms. The zero-order valence-electron chi connectivity index (χ0n) is 8.51. The van der Waals surface area contributed by atoms with Crippen LogP contribution in [0.5, 0.6) is 0 Å². The quantitative estimate of drug-likeness (QED) is 0.828. The van der Waals surface area contributed by atoms with Crippen LogP contribution in [-0.2, 0) is 9.84 Å². The van der Waals surface area contributed by atoms with Gasteiger partial charge in [-0.15, -0.1) is 11.6 Å². The van der Waals surface area contributed by atoms with Crippen LogP contribution in [0.2, 0.25) is 0 Å². The number of aliphatic hydroxyl groups is 1. The molecule has 0 spiro atoms. The highest BCUT2D eigenvalue weighted by atomic mass is 35.5. The molecular formula is C10H13ClO3S. The Kier molecular flexibility index (Phi) is 3.76. The molecule has 1 rings (SSSR count). The topological polar surface area (TPSA) is 54.4 Å². The van der Waals surface area contributed by atoms with E-state index in [2.05, 4.69) is 0 Å². The minimum absolute atomic E-state index is 0.506. The fraction of sp³-hybridized carbons (Fsp3) is 0.400. The third kappa shape index (κ3) is 3.19. The molecule has 0 heterocycles. The summed E-state index contributed by atoms with van der Waals surface area (Å²) in [5.41, 5.74) is 1.54. The third-order valence-electron chi connectivity index (χ3n) is 2.08. The number of rotatable bonds is 3. The fourth-order valence-electron chi connectivity index (χ4n) is 1.15. The van der Waals surface area contributed by atoms with E-state index in [1.54, 1.807) is 24.3 Å². The number of hydrogen-bond acceptors (Lipinski definition) is 3. The number of sulfone groups is 1. The number of aliphatic hydroxyl groups excluding tert-OH is 1. The van der Waals surface area contributed by atoms with Crippen LogP contribution in [-0.4, -0.2) is 24.5 Å². The number of benzene rings is 1. The van der Waals surface area contributed by atoms with Gasteiger partial charge in [0, 0.05) is 6.26 Å². The Bertz CT molecular complexity index is 424. The van der Waals surface area contributed by atoms with Gasteiger partial charge in [0.15, 0.2) is 14.5 Å². The van der Waals surface area contributed by atoms with Gasteiger partial charge in [-0.1, -0.05) is 29.8 Å². The van der Waals surface area contributed by atoms with Crippen molar-refractivity contribution in [2.75, 3.05) is 6.26 Å². The molecule has 0 saturated heterocycles. The second-order valence-electron chi connectivity index (χ2n) is 3.54. The first-order chi connectivity index (χ1) is 6.82. The van der Waals surface area contributed by atoms with Crippen LogP contribution in [0, 0.1) is 6.92 Å². The lowest BCUT2D eigenvalue weighted by molar-refractivity contribution is 0.192. The summed E-state index contributed by atoms with van der Waals surface area (Å²) in [5, 5.41) is 9.70. The Morgan fingerprint density at radius 3 is 2.13 bits per heavy atom. The normalized spacial score (nSPS) is 16.0. The van der Waals surface area contributed by atoms with E-state index >= 15 is 0 Å². The molecule has 84 valence electrons. The van der Waals surface area contributed by atoms with Gasteiger partial charge in [-0.05, 0) is 12.5 Å². The first-order valence-electron chi connectivity index (χ1n) is 4.40. The van der Waals surface area contributed by atoms with Crippen molar-refractivity contribution in [3.05, 3.63) is 35.4 Å². The van der Waals surface area contributed by atoms with E-state index in [1.807, 2.05) is 6.92 Å². The summed E-state index contributed by atoms with van der Waals surface area (Å²) in [7, 11) is -3.44. The zero-order chi connectivity index (χ0) is 11.6. The standard InChI is InChI=1S/C10H13ClO3S/c1-7-3-5-8(6-4-7)9(12)10(11)15(2,13)14/h3-6,9-10,12H,1-2H3. The van der Waals surface area contributed by atoms with E-state index in [-0.39, 0.29) is 0 Å².